The average molecular weight is 595 g/mol. The highest BCUT2D eigenvalue weighted by molar-refractivity contribution is 6.01. The molecule has 2 amide bonds. The molecule has 44 heavy (non-hydrogen) atoms. The van der Waals surface area contributed by atoms with Crippen molar-refractivity contribution < 1.29 is 14.0 Å². The molecule has 0 radical (unpaired) electrons. The second-order valence-electron chi connectivity index (χ2n) is 13.5. The van der Waals surface area contributed by atoms with Gasteiger partial charge in [-0.1, -0.05) is 63.1 Å². The quantitative estimate of drug-likeness (QED) is 0.208. The van der Waals surface area contributed by atoms with Crippen LogP contribution in [0.15, 0.2) is 72.8 Å². The van der Waals surface area contributed by atoms with Crippen molar-refractivity contribution in [3.05, 3.63) is 95.4 Å². The zero-order valence-electron chi connectivity index (χ0n) is 26.4. The molecule has 2 atom stereocenters. The van der Waals surface area contributed by atoms with Gasteiger partial charge in [0.1, 0.15) is 11.4 Å². The van der Waals surface area contributed by atoms with E-state index in [-0.39, 0.29) is 41.4 Å². The molecule has 0 aliphatic heterocycles. The molecular weight excluding hydrogens is 551 g/mol. The Labute approximate surface area is 259 Å². The monoisotopic (exact) mass is 594 g/mol. The lowest BCUT2D eigenvalue weighted by atomic mass is 9.91. The number of rotatable bonds is 9. The summed E-state index contributed by atoms with van der Waals surface area (Å²) in [6.07, 6.45) is 3.07. The number of H-pyrrole nitrogens is 1. The molecule has 1 heterocycles. The van der Waals surface area contributed by atoms with E-state index >= 15 is 4.39 Å². The second kappa shape index (κ2) is 11.4. The Morgan fingerprint density at radius 1 is 0.955 bits per heavy atom. The molecule has 2 aliphatic rings. The van der Waals surface area contributed by atoms with Crippen LogP contribution in [0, 0.1) is 24.1 Å². The summed E-state index contributed by atoms with van der Waals surface area (Å²) in [5.41, 5.74) is 4.51. The van der Waals surface area contributed by atoms with Gasteiger partial charge >= 0.3 is 0 Å². The van der Waals surface area contributed by atoms with Crippen LogP contribution in [-0.2, 0) is 16.1 Å². The van der Waals surface area contributed by atoms with Crippen LogP contribution in [0.4, 0.5) is 15.8 Å². The maximum atomic E-state index is 15.1. The van der Waals surface area contributed by atoms with Crippen molar-refractivity contribution in [2.45, 2.75) is 70.9 Å². The van der Waals surface area contributed by atoms with E-state index in [1.165, 1.54) is 17.0 Å². The number of aromatic amines is 1. The summed E-state index contributed by atoms with van der Waals surface area (Å²) in [7, 11) is 3.94. The number of nitrogens with zero attached hydrogens (tertiary/aromatic N) is 2. The summed E-state index contributed by atoms with van der Waals surface area (Å²) >= 11 is 0. The Kier molecular flexibility index (Phi) is 7.76. The van der Waals surface area contributed by atoms with E-state index in [0.717, 1.165) is 29.7 Å². The molecule has 0 bridgehead atoms. The van der Waals surface area contributed by atoms with Crippen LogP contribution in [0.1, 0.15) is 68.7 Å². The third-order valence-corrected chi connectivity index (χ3v) is 10.3. The lowest BCUT2D eigenvalue weighted by Gasteiger charge is -2.40. The van der Waals surface area contributed by atoms with Crippen molar-refractivity contribution in [1.82, 2.24) is 9.88 Å². The van der Waals surface area contributed by atoms with Crippen molar-refractivity contribution in [2.24, 2.45) is 11.3 Å². The molecule has 230 valence electrons. The first-order valence-corrected chi connectivity index (χ1v) is 15.7. The number of nitrogens with one attached hydrogen (secondary N) is 2. The van der Waals surface area contributed by atoms with Gasteiger partial charge in [0.2, 0.25) is 11.8 Å². The molecule has 6 nitrogen and oxygen atoms in total. The van der Waals surface area contributed by atoms with Crippen LogP contribution in [0.5, 0.6) is 0 Å². The minimum absolute atomic E-state index is 0.0580. The van der Waals surface area contributed by atoms with Gasteiger partial charge in [-0.3, -0.25) is 9.59 Å². The topological polar surface area (TPSA) is 68.4 Å². The first-order valence-electron chi connectivity index (χ1n) is 15.7. The molecule has 3 aromatic carbocycles. The zero-order valence-corrected chi connectivity index (χ0v) is 26.4. The van der Waals surface area contributed by atoms with E-state index in [9.17, 15) is 9.59 Å². The predicted molar refractivity (Wildman–Crippen MR) is 175 cm³/mol. The lowest BCUT2D eigenvalue weighted by molar-refractivity contribution is -0.146. The Morgan fingerprint density at radius 2 is 1.61 bits per heavy atom. The van der Waals surface area contributed by atoms with Gasteiger partial charge < -0.3 is 20.1 Å². The Morgan fingerprint density at radius 3 is 2.30 bits per heavy atom. The SMILES string of the molecule is Cc1[nH]c2ccccc2c1C1C(CC(=O)N(Cc2ccccc2F)C2(C(=O)Nc3ccc(N(C)C)cc3)CCCC2)C1(C)C. The van der Waals surface area contributed by atoms with Crippen LogP contribution < -0.4 is 10.2 Å². The van der Waals surface area contributed by atoms with E-state index in [2.05, 4.69) is 49.3 Å². The van der Waals surface area contributed by atoms with Gasteiger partial charge in [0.05, 0.1) is 0 Å². The summed E-state index contributed by atoms with van der Waals surface area (Å²) in [5.74, 6) is -0.336. The van der Waals surface area contributed by atoms with E-state index in [4.69, 9.17) is 0 Å². The first kappa shape index (κ1) is 29.9. The van der Waals surface area contributed by atoms with Gasteiger partial charge in [0.15, 0.2) is 0 Å². The smallest absolute Gasteiger partial charge is 0.250 e. The average Bonchev–Trinajstić information content (AvgIpc) is 3.35. The first-order chi connectivity index (χ1) is 21.0. The minimum Gasteiger partial charge on any atom is -0.378 e. The standard InChI is InChI=1S/C37H43FN4O2/c1-24-33(28-13-7-9-15-31(28)39-24)34-29(36(34,2)3)22-32(43)42(23-25-12-6-8-14-30(25)38)37(20-10-11-21-37)35(44)40-26-16-18-27(19-17-26)41(4)5/h6-9,12-19,29,34,39H,10-11,20-23H2,1-5H3,(H,40,44). The van der Waals surface area contributed by atoms with Crippen molar-refractivity contribution >= 4 is 34.1 Å². The molecule has 2 aliphatic carbocycles. The summed E-state index contributed by atoms with van der Waals surface area (Å²) in [6.45, 7) is 6.62. The van der Waals surface area contributed by atoms with E-state index in [0.29, 0.717) is 30.5 Å². The molecule has 2 saturated carbocycles. The highest BCUT2D eigenvalue weighted by Gasteiger charge is 2.60. The van der Waals surface area contributed by atoms with Crippen LogP contribution >= 0.6 is 0 Å². The van der Waals surface area contributed by atoms with Gasteiger partial charge in [-0.25, -0.2) is 4.39 Å². The summed E-state index contributed by atoms with van der Waals surface area (Å²) in [5, 5.41) is 4.32. The number of hydrogen-bond acceptors (Lipinski definition) is 3. The van der Waals surface area contributed by atoms with Gasteiger partial charge in [0.25, 0.3) is 0 Å². The molecule has 2 unspecified atom stereocenters. The maximum absolute atomic E-state index is 15.1. The number of carbonyl (C=O) groups is 2. The zero-order chi connectivity index (χ0) is 31.2. The Balaban J connectivity index is 1.32. The van der Waals surface area contributed by atoms with Crippen LogP contribution in [-0.4, -0.2) is 41.3 Å². The van der Waals surface area contributed by atoms with E-state index < -0.39 is 5.54 Å². The fraction of sp³-hybridized carbons (Fsp3) is 0.405. The van der Waals surface area contributed by atoms with Crippen molar-refractivity contribution in [2.75, 3.05) is 24.3 Å². The van der Waals surface area contributed by atoms with Gasteiger partial charge in [-0.15, -0.1) is 0 Å². The lowest BCUT2D eigenvalue weighted by Crippen LogP contribution is -2.57. The van der Waals surface area contributed by atoms with Gasteiger partial charge in [-0.05, 0) is 79.0 Å². The fourth-order valence-corrected chi connectivity index (χ4v) is 7.64. The van der Waals surface area contributed by atoms with Gasteiger partial charge in [-0.2, -0.15) is 0 Å². The van der Waals surface area contributed by atoms with E-state index in [1.807, 2.05) is 49.3 Å². The van der Waals surface area contributed by atoms with Crippen LogP contribution in [0.2, 0.25) is 0 Å². The van der Waals surface area contributed by atoms with E-state index in [1.54, 1.807) is 23.1 Å². The minimum atomic E-state index is -1.05. The number of amides is 2. The molecule has 6 rings (SSSR count). The molecule has 2 N–H and O–H groups in total. The fourth-order valence-electron chi connectivity index (χ4n) is 7.64. The highest BCUT2D eigenvalue weighted by Crippen LogP contribution is 2.67. The third-order valence-electron chi connectivity index (χ3n) is 10.3. The second-order valence-corrected chi connectivity index (χ2v) is 13.5. The molecule has 0 saturated heterocycles. The molecule has 1 aromatic heterocycles. The number of aromatic nitrogens is 1. The number of halogens is 1. The van der Waals surface area contributed by atoms with Crippen LogP contribution in [0.25, 0.3) is 10.9 Å². The number of hydrogen-bond donors (Lipinski definition) is 2. The molecule has 2 fully saturated rings. The number of carbonyl (C=O) groups excluding carboxylic acids is 2. The molecule has 4 aromatic rings. The van der Waals surface area contributed by atoms with Crippen molar-refractivity contribution in [1.29, 1.82) is 0 Å². The largest absolute Gasteiger partial charge is 0.378 e. The number of para-hydroxylation sites is 1. The summed E-state index contributed by atoms with van der Waals surface area (Å²) in [6, 6.07) is 22.6. The third kappa shape index (κ3) is 5.27. The summed E-state index contributed by atoms with van der Waals surface area (Å²) < 4.78 is 15.1. The van der Waals surface area contributed by atoms with Crippen LogP contribution in [0.3, 0.4) is 0 Å². The normalized spacial score (nSPS) is 20.0. The number of fused-ring (bicyclic) bond motifs is 1. The Bertz CT molecular complexity index is 1680. The Hall–Kier alpha value is -4.13. The summed E-state index contributed by atoms with van der Waals surface area (Å²) in [4.78, 5) is 36.0. The number of anilines is 2. The molecule has 7 heteroatoms. The number of benzene rings is 3. The van der Waals surface area contributed by atoms with Crippen molar-refractivity contribution in [3.8, 4) is 0 Å². The predicted octanol–water partition coefficient (Wildman–Crippen LogP) is 7.79. The maximum Gasteiger partial charge on any atom is 0.250 e. The molecule has 0 spiro atoms. The number of aryl methyl sites for hydroxylation is 1. The van der Waals surface area contributed by atoms with Crippen molar-refractivity contribution in [3.63, 3.8) is 0 Å². The highest BCUT2D eigenvalue weighted by atomic mass is 19.1. The van der Waals surface area contributed by atoms with Gasteiger partial charge in [0, 0.05) is 60.6 Å². The molecular formula is C37H43FN4O2.